The van der Waals surface area contributed by atoms with E-state index in [2.05, 4.69) is 10.2 Å². The van der Waals surface area contributed by atoms with Crippen molar-refractivity contribution in [2.75, 3.05) is 0 Å². The normalized spacial score (nSPS) is 10.5. The fourth-order valence-corrected chi connectivity index (χ4v) is 1.69. The molecule has 0 aliphatic carbocycles. The van der Waals surface area contributed by atoms with E-state index in [-0.39, 0.29) is 0 Å². The van der Waals surface area contributed by atoms with Gasteiger partial charge in [0.25, 0.3) is 0 Å². The largest absolute Gasteiger partial charge is 0.366 e. The molecule has 0 radical (unpaired) electrons. The number of carbonyl (C=O) groups is 1. The fourth-order valence-electron chi connectivity index (χ4n) is 1.69. The maximum Gasteiger partial charge on any atom is 0.248 e. The molecule has 5 heteroatoms. The summed E-state index contributed by atoms with van der Waals surface area (Å²) >= 11 is 0. The summed E-state index contributed by atoms with van der Waals surface area (Å²) in [4.78, 5) is 11.3. The summed E-state index contributed by atoms with van der Waals surface area (Å²) in [7, 11) is 1.88. The Morgan fingerprint density at radius 2 is 2.00 bits per heavy atom. The van der Waals surface area contributed by atoms with Crippen molar-refractivity contribution >= 4 is 5.91 Å². The van der Waals surface area contributed by atoms with Gasteiger partial charge in [-0.3, -0.25) is 4.79 Å². The van der Waals surface area contributed by atoms with E-state index in [0.29, 0.717) is 5.56 Å². The molecule has 17 heavy (non-hydrogen) atoms. The van der Waals surface area contributed by atoms with Crippen LogP contribution in [0, 0.1) is 13.8 Å². The van der Waals surface area contributed by atoms with Crippen LogP contribution in [0.3, 0.4) is 0 Å². The summed E-state index contributed by atoms with van der Waals surface area (Å²) in [5.41, 5.74) is 7.54. The van der Waals surface area contributed by atoms with Gasteiger partial charge in [0.05, 0.1) is 0 Å². The van der Waals surface area contributed by atoms with Crippen molar-refractivity contribution < 1.29 is 4.79 Å². The van der Waals surface area contributed by atoms with E-state index in [1.807, 2.05) is 37.6 Å². The molecule has 0 spiro atoms. The third-order valence-electron chi connectivity index (χ3n) is 2.85. The Morgan fingerprint density at radius 1 is 1.29 bits per heavy atom. The quantitative estimate of drug-likeness (QED) is 0.842. The molecule has 0 atom stereocenters. The van der Waals surface area contributed by atoms with Crippen molar-refractivity contribution in [3.63, 3.8) is 0 Å². The van der Waals surface area contributed by atoms with Crippen LogP contribution >= 0.6 is 0 Å². The van der Waals surface area contributed by atoms with Crippen molar-refractivity contribution in [3.05, 3.63) is 35.2 Å². The van der Waals surface area contributed by atoms with Gasteiger partial charge in [0, 0.05) is 18.2 Å². The van der Waals surface area contributed by atoms with Gasteiger partial charge in [0.1, 0.15) is 5.82 Å². The van der Waals surface area contributed by atoms with Crippen LogP contribution < -0.4 is 5.73 Å². The lowest BCUT2D eigenvalue weighted by molar-refractivity contribution is 0.1000. The Labute approximate surface area is 99.3 Å². The Kier molecular flexibility index (Phi) is 2.67. The molecule has 5 nitrogen and oxygen atoms in total. The predicted molar refractivity (Wildman–Crippen MR) is 64.4 cm³/mol. The highest BCUT2D eigenvalue weighted by Gasteiger charge is 2.11. The summed E-state index contributed by atoms with van der Waals surface area (Å²) in [5, 5.41) is 8.06. The van der Waals surface area contributed by atoms with E-state index < -0.39 is 5.91 Å². The fraction of sp³-hybridized carbons (Fsp3) is 0.250. The zero-order valence-corrected chi connectivity index (χ0v) is 10.1. The molecular formula is C12H14N4O. The number of hydrogen-bond donors (Lipinski definition) is 1. The van der Waals surface area contributed by atoms with Crippen molar-refractivity contribution in [1.82, 2.24) is 14.8 Å². The maximum atomic E-state index is 11.3. The van der Waals surface area contributed by atoms with Gasteiger partial charge in [-0.1, -0.05) is 12.1 Å². The van der Waals surface area contributed by atoms with Crippen LogP contribution in [0.4, 0.5) is 0 Å². The summed E-state index contributed by atoms with van der Waals surface area (Å²) < 4.78 is 1.87. The van der Waals surface area contributed by atoms with E-state index in [1.54, 1.807) is 6.07 Å². The highest BCUT2D eigenvalue weighted by Crippen LogP contribution is 2.20. The van der Waals surface area contributed by atoms with Gasteiger partial charge >= 0.3 is 0 Å². The number of primary amides is 1. The van der Waals surface area contributed by atoms with Gasteiger partial charge < -0.3 is 10.3 Å². The van der Waals surface area contributed by atoms with Gasteiger partial charge in [0.2, 0.25) is 5.91 Å². The van der Waals surface area contributed by atoms with Crippen molar-refractivity contribution in [1.29, 1.82) is 0 Å². The van der Waals surface area contributed by atoms with E-state index in [9.17, 15) is 4.79 Å². The molecule has 0 aliphatic rings. The van der Waals surface area contributed by atoms with Crippen LogP contribution in [0.15, 0.2) is 18.2 Å². The van der Waals surface area contributed by atoms with Crippen molar-refractivity contribution in [3.8, 4) is 11.4 Å². The molecule has 0 saturated heterocycles. The number of rotatable bonds is 2. The molecule has 0 aliphatic heterocycles. The average Bonchev–Trinajstić information content (AvgIpc) is 2.60. The molecule has 1 aromatic heterocycles. The number of nitrogens with two attached hydrogens (primary N) is 1. The number of aryl methyl sites for hydroxylation is 2. The van der Waals surface area contributed by atoms with Crippen LogP contribution in [0.5, 0.6) is 0 Å². The van der Waals surface area contributed by atoms with Crippen LogP contribution in [-0.2, 0) is 7.05 Å². The van der Waals surface area contributed by atoms with Crippen LogP contribution in [-0.4, -0.2) is 20.7 Å². The lowest BCUT2D eigenvalue weighted by atomic mass is 10.0. The van der Waals surface area contributed by atoms with Crippen LogP contribution in [0.1, 0.15) is 21.7 Å². The number of hydrogen-bond acceptors (Lipinski definition) is 3. The van der Waals surface area contributed by atoms with Gasteiger partial charge in [-0.05, 0) is 25.5 Å². The molecule has 1 aromatic carbocycles. The number of carbonyl (C=O) groups excluding carboxylic acids is 1. The molecule has 1 heterocycles. The Morgan fingerprint density at radius 3 is 2.53 bits per heavy atom. The molecule has 0 unspecified atom stereocenters. The van der Waals surface area contributed by atoms with E-state index in [1.165, 1.54) is 0 Å². The first kappa shape index (κ1) is 11.3. The summed E-state index contributed by atoms with van der Waals surface area (Å²) in [6, 6.07) is 5.52. The van der Waals surface area contributed by atoms with Crippen molar-refractivity contribution in [2.45, 2.75) is 13.8 Å². The van der Waals surface area contributed by atoms with Gasteiger partial charge in [-0.25, -0.2) is 0 Å². The minimum Gasteiger partial charge on any atom is -0.366 e. The van der Waals surface area contributed by atoms with Gasteiger partial charge in [-0.15, -0.1) is 10.2 Å². The summed E-state index contributed by atoms with van der Waals surface area (Å²) in [6.45, 7) is 3.73. The summed E-state index contributed by atoms with van der Waals surface area (Å²) in [5.74, 6) is 1.12. The molecule has 2 rings (SSSR count). The Balaban J connectivity index is 2.58. The predicted octanol–water partition coefficient (Wildman–Crippen LogP) is 1.20. The number of aromatic nitrogens is 3. The third kappa shape index (κ3) is 1.91. The molecule has 0 bridgehead atoms. The highest BCUT2D eigenvalue weighted by molar-refractivity contribution is 5.95. The lowest BCUT2D eigenvalue weighted by Gasteiger charge is -2.06. The maximum absolute atomic E-state index is 11.3. The molecule has 88 valence electrons. The van der Waals surface area contributed by atoms with Crippen molar-refractivity contribution in [2.24, 2.45) is 12.8 Å². The topological polar surface area (TPSA) is 73.8 Å². The Bertz CT molecular complexity index is 586. The second-order valence-electron chi connectivity index (χ2n) is 4.02. The highest BCUT2D eigenvalue weighted by atomic mass is 16.1. The molecule has 1 amide bonds. The lowest BCUT2D eigenvalue weighted by Crippen LogP contribution is -2.12. The average molecular weight is 230 g/mol. The Hall–Kier alpha value is -2.17. The number of benzene rings is 1. The van der Waals surface area contributed by atoms with E-state index in [0.717, 1.165) is 22.8 Å². The number of amides is 1. The first-order chi connectivity index (χ1) is 8.00. The first-order valence-corrected chi connectivity index (χ1v) is 5.27. The summed E-state index contributed by atoms with van der Waals surface area (Å²) in [6.07, 6.45) is 0. The van der Waals surface area contributed by atoms with Gasteiger partial charge in [-0.2, -0.15) is 0 Å². The first-order valence-electron chi connectivity index (χ1n) is 5.27. The third-order valence-corrected chi connectivity index (χ3v) is 2.85. The minimum atomic E-state index is -0.428. The van der Waals surface area contributed by atoms with Crippen LogP contribution in [0.2, 0.25) is 0 Å². The second-order valence-corrected chi connectivity index (χ2v) is 4.02. The molecule has 2 N–H and O–H groups in total. The van der Waals surface area contributed by atoms with E-state index in [4.69, 9.17) is 5.73 Å². The molecule has 0 saturated carbocycles. The van der Waals surface area contributed by atoms with E-state index >= 15 is 0 Å². The molecule has 0 fully saturated rings. The smallest absolute Gasteiger partial charge is 0.248 e. The second kappa shape index (κ2) is 4.01. The van der Waals surface area contributed by atoms with Gasteiger partial charge in [0.15, 0.2) is 5.82 Å². The monoisotopic (exact) mass is 230 g/mol. The molecular weight excluding hydrogens is 216 g/mol. The zero-order valence-electron chi connectivity index (χ0n) is 10.1. The zero-order chi connectivity index (χ0) is 12.6. The SMILES string of the molecule is Cc1ccc(-c2nnc(C)n2C)cc1C(N)=O. The molecule has 2 aromatic rings. The number of nitrogens with zero attached hydrogens (tertiary/aromatic N) is 3. The minimum absolute atomic E-state index is 0.428. The van der Waals surface area contributed by atoms with Crippen LogP contribution in [0.25, 0.3) is 11.4 Å². The standard InChI is InChI=1S/C12H14N4O/c1-7-4-5-9(6-10(7)11(13)17)12-15-14-8(2)16(12)3/h4-6H,1-3H3,(H2,13,17).